The molecule has 0 saturated heterocycles. The normalized spacial score (nSPS) is 12.0. The largest absolute Gasteiger partial charge is 0.462 e. The molecule has 0 radical (unpaired) electrons. The van der Waals surface area contributed by atoms with E-state index in [4.69, 9.17) is 4.74 Å². The first kappa shape index (κ1) is 18.7. The summed E-state index contributed by atoms with van der Waals surface area (Å²) in [5.74, 6) is -6.16. The van der Waals surface area contributed by atoms with Gasteiger partial charge in [0.1, 0.15) is 11.4 Å². The third-order valence-corrected chi connectivity index (χ3v) is 2.64. The van der Waals surface area contributed by atoms with Gasteiger partial charge in [-0.05, 0) is 33.8 Å². The molecule has 0 fully saturated rings. The summed E-state index contributed by atoms with van der Waals surface area (Å²) in [6.07, 6.45) is 1.08. The van der Waals surface area contributed by atoms with Crippen LogP contribution in [0.2, 0.25) is 0 Å². The van der Waals surface area contributed by atoms with E-state index in [-0.39, 0.29) is 12.7 Å². The topological polar surface area (TPSA) is 55.4 Å². The number of Topliss-reactive ketones (excluding diaryl/α,β-unsaturated/α-hetero) is 1. The second-order valence-corrected chi connectivity index (χ2v) is 5.75. The Balaban J connectivity index is 3.29. The van der Waals surface area contributed by atoms with Crippen molar-refractivity contribution in [1.29, 1.82) is 0 Å². The molecule has 1 aromatic rings. The molecule has 1 aromatic carbocycles. The monoisotopic (exact) mass is 329 g/mol. The highest BCUT2D eigenvalue weighted by molar-refractivity contribution is 6.24. The molecule has 0 spiro atoms. The fourth-order valence-corrected chi connectivity index (χ4v) is 1.56. The van der Waals surface area contributed by atoms with Crippen LogP contribution >= 0.6 is 0 Å². The van der Waals surface area contributed by atoms with Gasteiger partial charge in [-0.15, -0.1) is 0 Å². The van der Waals surface area contributed by atoms with E-state index in [9.17, 15) is 22.8 Å². The highest BCUT2D eigenvalue weighted by Crippen LogP contribution is 2.18. The Kier molecular flexibility index (Phi) is 5.95. The summed E-state index contributed by atoms with van der Waals surface area (Å²) in [6.45, 7) is 6.85. The van der Waals surface area contributed by atoms with E-state index in [0.29, 0.717) is 6.07 Å². The van der Waals surface area contributed by atoms with Crippen molar-refractivity contribution in [1.82, 2.24) is 5.32 Å². The number of carbonyl (C=O) groups excluding carboxylic acids is 2. The van der Waals surface area contributed by atoms with Crippen LogP contribution in [0.3, 0.4) is 0 Å². The van der Waals surface area contributed by atoms with Gasteiger partial charge in [-0.3, -0.25) is 4.79 Å². The quantitative estimate of drug-likeness (QED) is 0.225. The van der Waals surface area contributed by atoms with Gasteiger partial charge >= 0.3 is 5.97 Å². The van der Waals surface area contributed by atoms with Gasteiger partial charge in [0, 0.05) is 17.8 Å². The Labute approximate surface area is 132 Å². The molecule has 0 aliphatic carbocycles. The number of ether oxygens (including phenoxy) is 1. The third kappa shape index (κ3) is 5.12. The van der Waals surface area contributed by atoms with Crippen molar-refractivity contribution in [2.45, 2.75) is 33.2 Å². The molecule has 0 saturated carbocycles. The number of halogens is 3. The molecule has 7 heteroatoms. The van der Waals surface area contributed by atoms with E-state index in [1.165, 1.54) is 6.92 Å². The molecule has 0 unspecified atom stereocenters. The van der Waals surface area contributed by atoms with Gasteiger partial charge in [0.15, 0.2) is 11.6 Å². The third-order valence-electron chi connectivity index (χ3n) is 2.64. The van der Waals surface area contributed by atoms with Crippen LogP contribution in [0.25, 0.3) is 0 Å². The summed E-state index contributed by atoms with van der Waals surface area (Å²) in [5, 5.41) is 2.78. The van der Waals surface area contributed by atoms with E-state index in [1.54, 1.807) is 20.8 Å². The standard InChI is InChI=1S/C16H18F3NO3/c1-5-23-15(22)10(8-20-16(2,3)4)14(21)9-6-12(18)13(19)7-11(9)17/h6-8,20H,5H2,1-4H3/b10-8+. The van der Waals surface area contributed by atoms with Crippen molar-refractivity contribution in [3.05, 3.63) is 46.9 Å². The maximum absolute atomic E-state index is 13.7. The van der Waals surface area contributed by atoms with E-state index in [0.717, 1.165) is 6.20 Å². The van der Waals surface area contributed by atoms with Gasteiger partial charge in [-0.1, -0.05) is 0 Å². The molecule has 4 nitrogen and oxygen atoms in total. The van der Waals surface area contributed by atoms with Crippen molar-refractivity contribution < 1.29 is 27.5 Å². The van der Waals surface area contributed by atoms with Crippen molar-refractivity contribution in [2.75, 3.05) is 6.61 Å². The van der Waals surface area contributed by atoms with Gasteiger partial charge in [0.2, 0.25) is 5.78 Å². The Hall–Kier alpha value is -2.31. The number of hydrogen-bond acceptors (Lipinski definition) is 4. The lowest BCUT2D eigenvalue weighted by Gasteiger charge is -2.19. The predicted molar refractivity (Wildman–Crippen MR) is 78.3 cm³/mol. The van der Waals surface area contributed by atoms with Crippen LogP contribution in [0.15, 0.2) is 23.9 Å². The molecule has 1 rings (SSSR count). The zero-order valence-corrected chi connectivity index (χ0v) is 13.3. The van der Waals surface area contributed by atoms with Gasteiger partial charge in [-0.25, -0.2) is 18.0 Å². The van der Waals surface area contributed by atoms with Crippen LogP contribution in [0.4, 0.5) is 13.2 Å². The Morgan fingerprint density at radius 2 is 1.70 bits per heavy atom. The average molecular weight is 329 g/mol. The zero-order valence-electron chi connectivity index (χ0n) is 13.3. The molecule has 0 heterocycles. The molecule has 0 aliphatic rings. The van der Waals surface area contributed by atoms with E-state index in [2.05, 4.69) is 5.32 Å². The molecule has 1 N–H and O–H groups in total. The van der Waals surface area contributed by atoms with Crippen molar-refractivity contribution in [3.8, 4) is 0 Å². The number of esters is 1. The summed E-state index contributed by atoms with van der Waals surface area (Å²) in [6, 6.07) is 0.666. The maximum atomic E-state index is 13.7. The SMILES string of the molecule is CCOC(=O)/C(=C/NC(C)(C)C)C(=O)c1cc(F)c(F)cc1F. The summed E-state index contributed by atoms with van der Waals surface area (Å²) >= 11 is 0. The van der Waals surface area contributed by atoms with Gasteiger partial charge in [0.25, 0.3) is 0 Å². The first-order chi connectivity index (χ1) is 10.6. The first-order valence-electron chi connectivity index (χ1n) is 6.91. The maximum Gasteiger partial charge on any atom is 0.343 e. The highest BCUT2D eigenvalue weighted by atomic mass is 19.2. The number of benzene rings is 1. The fourth-order valence-electron chi connectivity index (χ4n) is 1.56. The minimum atomic E-state index is -1.42. The van der Waals surface area contributed by atoms with Crippen LogP contribution in [0.1, 0.15) is 38.1 Å². The molecule has 0 atom stereocenters. The van der Waals surface area contributed by atoms with E-state index in [1.807, 2.05) is 0 Å². The summed E-state index contributed by atoms with van der Waals surface area (Å²) in [7, 11) is 0. The van der Waals surface area contributed by atoms with E-state index >= 15 is 0 Å². The summed E-state index contributed by atoms with van der Waals surface area (Å²) < 4.78 is 44.7. The average Bonchev–Trinajstić information content (AvgIpc) is 2.41. The lowest BCUT2D eigenvalue weighted by Crippen LogP contribution is -2.33. The van der Waals surface area contributed by atoms with Gasteiger partial charge in [-0.2, -0.15) is 0 Å². The minimum absolute atomic E-state index is 0.000762. The molecule has 0 amide bonds. The summed E-state index contributed by atoms with van der Waals surface area (Å²) in [4.78, 5) is 24.2. The Morgan fingerprint density at radius 1 is 1.13 bits per heavy atom. The van der Waals surface area contributed by atoms with Gasteiger partial charge in [0.05, 0.1) is 12.2 Å². The number of nitrogens with one attached hydrogen (secondary N) is 1. The second kappa shape index (κ2) is 7.30. The van der Waals surface area contributed by atoms with Crippen LogP contribution in [-0.4, -0.2) is 23.9 Å². The highest BCUT2D eigenvalue weighted by Gasteiger charge is 2.26. The lowest BCUT2D eigenvalue weighted by atomic mass is 10.0. The zero-order chi connectivity index (χ0) is 17.8. The number of rotatable bonds is 5. The van der Waals surface area contributed by atoms with Crippen LogP contribution in [0, 0.1) is 17.5 Å². The van der Waals surface area contributed by atoms with Crippen molar-refractivity contribution in [2.24, 2.45) is 0 Å². The predicted octanol–water partition coefficient (Wildman–Crippen LogP) is 3.12. The minimum Gasteiger partial charge on any atom is -0.462 e. The van der Waals surface area contributed by atoms with Crippen LogP contribution in [-0.2, 0) is 9.53 Å². The molecule has 126 valence electrons. The summed E-state index contributed by atoms with van der Waals surface area (Å²) in [5.41, 5.74) is -1.74. The molecule has 0 aliphatic heterocycles. The number of ketones is 1. The Bertz CT molecular complexity index is 649. The van der Waals surface area contributed by atoms with Crippen LogP contribution in [0.5, 0.6) is 0 Å². The van der Waals surface area contributed by atoms with Gasteiger partial charge < -0.3 is 10.1 Å². The fraction of sp³-hybridized carbons (Fsp3) is 0.375. The lowest BCUT2D eigenvalue weighted by molar-refractivity contribution is -0.138. The van der Waals surface area contributed by atoms with Crippen molar-refractivity contribution >= 4 is 11.8 Å². The smallest absolute Gasteiger partial charge is 0.343 e. The van der Waals surface area contributed by atoms with Crippen molar-refractivity contribution in [3.63, 3.8) is 0 Å². The van der Waals surface area contributed by atoms with Crippen LogP contribution < -0.4 is 5.32 Å². The Morgan fingerprint density at radius 3 is 2.22 bits per heavy atom. The molecule has 23 heavy (non-hydrogen) atoms. The molecular formula is C16H18F3NO3. The molecular weight excluding hydrogens is 311 g/mol. The number of carbonyl (C=O) groups is 2. The molecule has 0 aromatic heterocycles. The van der Waals surface area contributed by atoms with E-state index < -0.39 is 45.9 Å². The number of hydrogen-bond donors (Lipinski definition) is 1. The second-order valence-electron chi connectivity index (χ2n) is 5.75. The first-order valence-corrected chi connectivity index (χ1v) is 6.91. The molecule has 0 bridgehead atoms.